The molecule has 0 saturated heterocycles. The highest BCUT2D eigenvalue weighted by Crippen LogP contribution is 2.30. The molecule has 0 aliphatic heterocycles. The Balaban J connectivity index is 2.21. The van der Waals surface area contributed by atoms with Crippen LogP contribution in [0.2, 0.25) is 0 Å². The molecule has 2 rings (SSSR count). The number of benzene rings is 2. The summed E-state index contributed by atoms with van der Waals surface area (Å²) >= 11 is 0. The number of carbonyl (C=O) groups is 1. The molecule has 0 saturated carbocycles. The van der Waals surface area contributed by atoms with E-state index in [0.717, 1.165) is 11.6 Å². The van der Waals surface area contributed by atoms with Crippen molar-refractivity contribution in [3.8, 4) is 23.0 Å². The van der Waals surface area contributed by atoms with E-state index in [-0.39, 0.29) is 29.3 Å². The first-order valence-electron chi connectivity index (χ1n) is 7.48. The number of hydrogen-bond acceptors (Lipinski definition) is 5. The van der Waals surface area contributed by atoms with Crippen LogP contribution in [-0.2, 0) is 6.42 Å². The van der Waals surface area contributed by atoms with E-state index in [2.05, 4.69) is 0 Å². The van der Waals surface area contributed by atoms with Gasteiger partial charge in [0.25, 0.3) is 0 Å². The average molecular weight is 316 g/mol. The molecule has 0 bridgehead atoms. The van der Waals surface area contributed by atoms with Gasteiger partial charge >= 0.3 is 0 Å². The zero-order valence-electron chi connectivity index (χ0n) is 13.2. The molecule has 0 aromatic heterocycles. The molecule has 0 heterocycles. The zero-order chi connectivity index (χ0) is 16.8. The van der Waals surface area contributed by atoms with Gasteiger partial charge in [-0.1, -0.05) is 6.07 Å². The highest BCUT2D eigenvalue weighted by molar-refractivity contribution is 6.00. The van der Waals surface area contributed by atoms with Crippen LogP contribution in [0.5, 0.6) is 23.0 Å². The molecule has 2 N–H and O–H groups in total. The smallest absolute Gasteiger partial charge is 0.170 e. The Kier molecular flexibility index (Phi) is 5.46. The van der Waals surface area contributed by atoms with Crippen molar-refractivity contribution in [2.24, 2.45) is 0 Å². The van der Waals surface area contributed by atoms with Crippen molar-refractivity contribution < 1.29 is 24.5 Å². The van der Waals surface area contributed by atoms with Gasteiger partial charge in [-0.2, -0.15) is 0 Å². The molecule has 2 aromatic carbocycles. The van der Waals surface area contributed by atoms with Crippen LogP contribution >= 0.6 is 0 Å². The number of aromatic hydroxyl groups is 2. The lowest BCUT2D eigenvalue weighted by Crippen LogP contribution is -2.05. The lowest BCUT2D eigenvalue weighted by Gasteiger charge is -2.12. The van der Waals surface area contributed by atoms with Crippen molar-refractivity contribution in [3.05, 3.63) is 47.5 Å². The SMILES string of the molecule is CCOc1ccc(CC(=O)c2ccc(O)cc2O)cc1OCC. The normalized spacial score (nSPS) is 10.3. The molecule has 0 fully saturated rings. The summed E-state index contributed by atoms with van der Waals surface area (Å²) in [6.07, 6.45) is 0.116. The minimum Gasteiger partial charge on any atom is -0.508 e. The second-order valence-corrected chi connectivity index (χ2v) is 4.95. The van der Waals surface area contributed by atoms with Crippen molar-refractivity contribution in [2.75, 3.05) is 13.2 Å². The highest BCUT2D eigenvalue weighted by atomic mass is 16.5. The van der Waals surface area contributed by atoms with Gasteiger partial charge in [0.15, 0.2) is 17.3 Å². The maximum Gasteiger partial charge on any atom is 0.170 e. The largest absolute Gasteiger partial charge is 0.508 e. The highest BCUT2D eigenvalue weighted by Gasteiger charge is 2.14. The van der Waals surface area contributed by atoms with Crippen LogP contribution in [0, 0.1) is 0 Å². The number of carbonyl (C=O) groups excluding carboxylic acids is 1. The van der Waals surface area contributed by atoms with Gasteiger partial charge in [-0.25, -0.2) is 0 Å². The van der Waals surface area contributed by atoms with Crippen LogP contribution in [0.3, 0.4) is 0 Å². The van der Waals surface area contributed by atoms with E-state index in [1.54, 1.807) is 18.2 Å². The molecule has 0 unspecified atom stereocenters. The molecule has 23 heavy (non-hydrogen) atoms. The van der Waals surface area contributed by atoms with Crippen LogP contribution in [0.15, 0.2) is 36.4 Å². The van der Waals surface area contributed by atoms with E-state index in [9.17, 15) is 15.0 Å². The van der Waals surface area contributed by atoms with Gasteiger partial charge in [-0.15, -0.1) is 0 Å². The van der Waals surface area contributed by atoms with Crippen LogP contribution < -0.4 is 9.47 Å². The van der Waals surface area contributed by atoms with E-state index in [0.29, 0.717) is 24.7 Å². The van der Waals surface area contributed by atoms with Gasteiger partial charge in [0, 0.05) is 12.5 Å². The Bertz CT molecular complexity index is 694. The lowest BCUT2D eigenvalue weighted by atomic mass is 10.0. The number of hydrogen-bond donors (Lipinski definition) is 2. The number of Topliss-reactive ketones (excluding diaryl/α,β-unsaturated/α-hetero) is 1. The Hall–Kier alpha value is -2.69. The third kappa shape index (κ3) is 4.16. The van der Waals surface area contributed by atoms with Crippen LogP contribution in [0.25, 0.3) is 0 Å². The molecule has 2 aromatic rings. The van der Waals surface area contributed by atoms with E-state index in [4.69, 9.17) is 9.47 Å². The standard InChI is InChI=1S/C18H20O5/c1-3-22-17-8-5-12(10-18(17)23-4-2)9-15(20)14-7-6-13(19)11-16(14)21/h5-8,10-11,19,21H,3-4,9H2,1-2H3. The Labute approximate surface area is 135 Å². The maximum absolute atomic E-state index is 12.3. The third-order valence-corrected chi connectivity index (χ3v) is 3.25. The molecule has 122 valence electrons. The summed E-state index contributed by atoms with van der Waals surface area (Å²) in [4.78, 5) is 12.3. The number of rotatable bonds is 7. The number of ketones is 1. The van der Waals surface area contributed by atoms with E-state index in [1.165, 1.54) is 12.1 Å². The molecule has 0 spiro atoms. The van der Waals surface area contributed by atoms with Gasteiger partial charge in [0.05, 0.1) is 18.8 Å². The number of phenols is 2. The van der Waals surface area contributed by atoms with Gasteiger partial charge in [0.2, 0.25) is 0 Å². The van der Waals surface area contributed by atoms with Crippen LogP contribution in [-0.4, -0.2) is 29.2 Å². The maximum atomic E-state index is 12.3. The first kappa shape index (κ1) is 16.7. The van der Waals surface area contributed by atoms with Crippen molar-refractivity contribution in [3.63, 3.8) is 0 Å². The predicted molar refractivity (Wildman–Crippen MR) is 86.6 cm³/mol. The van der Waals surface area contributed by atoms with Crippen LogP contribution in [0.1, 0.15) is 29.8 Å². The first-order chi connectivity index (χ1) is 11.0. The Morgan fingerprint density at radius 3 is 2.30 bits per heavy atom. The second kappa shape index (κ2) is 7.54. The molecular weight excluding hydrogens is 296 g/mol. The van der Waals surface area contributed by atoms with Crippen molar-refractivity contribution >= 4 is 5.78 Å². The van der Waals surface area contributed by atoms with Crippen molar-refractivity contribution in [2.45, 2.75) is 20.3 Å². The average Bonchev–Trinajstić information content (AvgIpc) is 2.50. The molecule has 5 heteroatoms. The number of ether oxygens (including phenoxy) is 2. The summed E-state index contributed by atoms with van der Waals surface area (Å²) in [6, 6.07) is 9.26. The molecule has 0 aliphatic rings. The summed E-state index contributed by atoms with van der Waals surface area (Å²) in [5.41, 5.74) is 0.934. The third-order valence-electron chi connectivity index (χ3n) is 3.25. The van der Waals surface area contributed by atoms with Crippen molar-refractivity contribution in [1.29, 1.82) is 0 Å². The summed E-state index contributed by atoms with van der Waals surface area (Å²) in [6.45, 7) is 4.79. The predicted octanol–water partition coefficient (Wildman–Crippen LogP) is 3.32. The van der Waals surface area contributed by atoms with E-state index in [1.807, 2.05) is 13.8 Å². The van der Waals surface area contributed by atoms with Crippen molar-refractivity contribution in [1.82, 2.24) is 0 Å². The summed E-state index contributed by atoms with van der Waals surface area (Å²) in [5.74, 6) is 0.673. The summed E-state index contributed by atoms with van der Waals surface area (Å²) in [5, 5.41) is 19.1. The quantitative estimate of drug-likeness (QED) is 0.766. The first-order valence-corrected chi connectivity index (χ1v) is 7.48. The Morgan fingerprint density at radius 1 is 0.957 bits per heavy atom. The molecule has 5 nitrogen and oxygen atoms in total. The minimum atomic E-state index is -0.242. The minimum absolute atomic E-state index is 0.0845. The fourth-order valence-electron chi connectivity index (χ4n) is 2.24. The molecule has 0 atom stereocenters. The fraction of sp³-hybridized carbons (Fsp3) is 0.278. The monoisotopic (exact) mass is 316 g/mol. The molecular formula is C18H20O5. The van der Waals surface area contributed by atoms with Gasteiger partial charge in [0.1, 0.15) is 11.5 Å². The molecule has 0 amide bonds. The van der Waals surface area contributed by atoms with Gasteiger partial charge < -0.3 is 19.7 Å². The second-order valence-electron chi connectivity index (χ2n) is 4.95. The molecule has 0 radical (unpaired) electrons. The Morgan fingerprint density at radius 2 is 1.65 bits per heavy atom. The zero-order valence-corrected chi connectivity index (χ0v) is 13.2. The molecule has 0 aliphatic carbocycles. The van der Waals surface area contributed by atoms with Gasteiger partial charge in [-0.05, 0) is 43.7 Å². The van der Waals surface area contributed by atoms with Gasteiger partial charge in [-0.3, -0.25) is 4.79 Å². The van der Waals surface area contributed by atoms with E-state index >= 15 is 0 Å². The van der Waals surface area contributed by atoms with Crippen LogP contribution in [0.4, 0.5) is 0 Å². The summed E-state index contributed by atoms with van der Waals surface area (Å²) < 4.78 is 11.0. The van der Waals surface area contributed by atoms with E-state index < -0.39 is 0 Å². The lowest BCUT2D eigenvalue weighted by molar-refractivity contribution is 0.0990. The fourth-order valence-corrected chi connectivity index (χ4v) is 2.24. The topological polar surface area (TPSA) is 76.0 Å². The number of phenolic OH excluding ortho intramolecular Hbond substituents is 2. The summed E-state index contributed by atoms with van der Waals surface area (Å²) in [7, 11) is 0.